The molecule has 0 heterocycles. The van der Waals surface area contributed by atoms with Gasteiger partial charge in [-0.25, -0.2) is 0 Å². The van der Waals surface area contributed by atoms with Crippen LogP contribution in [0.15, 0.2) is 30.3 Å². The van der Waals surface area contributed by atoms with Crippen LogP contribution in [-0.2, 0) is 14.3 Å². The number of hydrogen-bond acceptors (Lipinski definition) is 5. The van der Waals surface area contributed by atoms with Crippen LogP contribution in [0, 0.1) is 0 Å². The van der Waals surface area contributed by atoms with Crippen LogP contribution in [0.1, 0.15) is 32.3 Å². The lowest BCUT2D eigenvalue weighted by Crippen LogP contribution is -2.42. The minimum atomic E-state index is -0.357. The van der Waals surface area contributed by atoms with Crippen molar-refractivity contribution in [2.45, 2.75) is 32.7 Å². The Balaban J connectivity index is 2.83. The summed E-state index contributed by atoms with van der Waals surface area (Å²) < 4.78 is 10.1. The fraction of sp³-hybridized carbons (Fsp3) is 0.474. The molecule has 0 aromatic heterocycles. The summed E-state index contributed by atoms with van der Waals surface area (Å²) >= 11 is 0. The van der Waals surface area contributed by atoms with Crippen molar-refractivity contribution in [1.29, 1.82) is 0 Å². The molecule has 0 radical (unpaired) electrons. The summed E-state index contributed by atoms with van der Waals surface area (Å²) in [7, 11) is 1.58. The van der Waals surface area contributed by atoms with Crippen LogP contribution in [0.4, 0.5) is 0 Å². The number of aliphatic hydroxyl groups is 1. The predicted octanol–water partition coefficient (Wildman–Crippen LogP) is 2.26. The second kappa shape index (κ2) is 11.3. The molecule has 0 aliphatic heterocycles. The van der Waals surface area contributed by atoms with Gasteiger partial charge in [-0.15, -0.1) is 0 Å². The van der Waals surface area contributed by atoms with Gasteiger partial charge in [0, 0.05) is 12.6 Å². The molecule has 1 aromatic carbocycles. The number of carbonyl (C=O) groups excluding carboxylic acids is 2. The molecule has 1 unspecified atom stereocenters. The Morgan fingerprint density at radius 3 is 2.68 bits per heavy atom. The van der Waals surface area contributed by atoms with Crippen molar-refractivity contribution in [3.8, 4) is 5.75 Å². The van der Waals surface area contributed by atoms with Crippen LogP contribution >= 0.6 is 0 Å². The molecular formula is C19H27NO5. The Hall–Kier alpha value is -2.34. The number of methoxy groups -OCH3 is 1. The Labute approximate surface area is 149 Å². The van der Waals surface area contributed by atoms with E-state index in [1.165, 1.54) is 11.0 Å². The maximum absolute atomic E-state index is 12.5. The number of amides is 1. The van der Waals surface area contributed by atoms with Crippen molar-refractivity contribution in [2.75, 3.05) is 26.9 Å². The lowest BCUT2D eigenvalue weighted by atomic mass is 10.1. The van der Waals surface area contributed by atoms with Gasteiger partial charge in [-0.2, -0.15) is 0 Å². The molecule has 138 valence electrons. The summed E-state index contributed by atoms with van der Waals surface area (Å²) in [5, 5.41) is 9.52. The summed E-state index contributed by atoms with van der Waals surface area (Å²) in [6.07, 6.45) is 3.83. The van der Waals surface area contributed by atoms with Gasteiger partial charge in [-0.1, -0.05) is 19.1 Å². The minimum absolute atomic E-state index is 0.100. The lowest BCUT2D eigenvalue weighted by Gasteiger charge is -2.28. The predicted molar refractivity (Wildman–Crippen MR) is 96.2 cm³/mol. The topological polar surface area (TPSA) is 76.1 Å². The zero-order valence-electron chi connectivity index (χ0n) is 15.1. The van der Waals surface area contributed by atoms with E-state index in [9.17, 15) is 14.7 Å². The number of hydrogen-bond donors (Lipinski definition) is 1. The van der Waals surface area contributed by atoms with E-state index in [4.69, 9.17) is 9.47 Å². The van der Waals surface area contributed by atoms with Gasteiger partial charge >= 0.3 is 5.97 Å². The first-order chi connectivity index (χ1) is 12.0. The summed E-state index contributed by atoms with van der Waals surface area (Å²) in [6, 6.07) is 7.00. The number of benzene rings is 1. The van der Waals surface area contributed by atoms with E-state index < -0.39 is 0 Å². The number of rotatable bonds is 10. The third-order valence-electron chi connectivity index (χ3n) is 3.78. The highest BCUT2D eigenvalue weighted by Crippen LogP contribution is 2.14. The first-order valence-electron chi connectivity index (χ1n) is 8.44. The number of aliphatic hydroxyl groups excluding tert-OH is 1. The summed E-state index contributed by atoms with van der Waals surface area (Å²) in [5.74, 6) is 0.0912. The minimum Gasteiger partial charge on any atom is -0.497 e. The number of carbonyl (C=O) groups is 2. The van der Waals surface area contributed by atoms with Gasteiger partial charge in [-0.05, 0) is 37.1 Å². The monoisotopic (exact) mass is 349 g/mol. The van der Waals surface area contributed by atoms with Crippen LogP contribution in [0.5, 0.6) is 5.75 Å². The lowest BCUT2D eigenvalue weighted by molar-refractivity contribution is -0.144. The Morgan fingerprint density at radius 2 is 2.08 bits per heavy atom. The third kappa shape index (κ3) is 6.97. The van der Waals surface area contributed by atoms with Gasteiger partial charge in [0.25, 0.3) is 0 Å². The molecule has 0 spiro atoms. The van der Waals surface area contributed by atoms with Crippen LogP contribution < -0.4 is 4.74 Å². The van der Waals surface area contributed by atoms with Crippen molar-refractivity contribution < 1.29 is 24.2 Å². The molecule has 6 heteroatoms. The number of esters is 1. The van der Waals surface area contributed by atoms with Crippen LogP contribution in [0.2, 0.25) is 0 Å². The molecule has 6 nitrogen and oxygen atoms in total. The van der Waals surface area contributed by atoms with E-state index in [2.05, 4.69) is 0 Å². The summed E-state index contributed by atoms with van der Waals surface area (Å²) in [5.41, 5.74) is 0.829. The second-order valence-electron chi connectivity index (χ2n) is 5.44. The molecule has 0 fully saturated rings. The molecule has 0 saturated carbocycles. The van der Waals surface area contributed by atoms with Crippen LogP contribution in [0.25, 0.3) is 6.08 Å². The molecular weight excluding hydrogens is 322 g/mol. The van der Waals surface area contributed by atoms with E-state index in [1.807, 2.05) is 31.2 Å². The Morgan fingerprint density at radius 1 is 1.32 bits per heavy atom. The maximum Gasteiger partial charge on any atom is 0.307 e. The zero-order chi connectivity index (χ0) is 18.7. The molecule has 1 rings (SSSR count). The zero-order valence-corrected chi connectivity index (χ0v) is 15.1. The molecule has 1 N–H and O–H groups in total. The summed E-state index contributed by atoms with van der Waals surface area (Å²) in [6.45, 7) is 3.98. The second-order valence-corrected chi connectivity index (χ2v) is 5.44. The van der Waals surface area contributed by atoms with E-state index in [-0.39, 0.29) is 37.5 Å². The van der Waals surface area contributed by atoms with Gasteiger partial charge in [-0.3, -0.25) is 9.59 Å². The summed E-state index contributed by atoms with van der Waals surface area (Å²) in [4.78, 5) is 25.6. The first-order valence-corrected chi connectivity index (χ1v) is 8.44. The van der Waals surface area contributed by atoms with Crippen LogP contribution in [-0.4, -0.2) is 54.8 Å². The standard InChI is InChI=1S/C19H27NO5/c1-4-16(14-21)20(12-11-19(23)25-5-2)18(22)10-9-15-7-6-8-17(13-15)24-3/h6-10,13,16,21H,4-5,11-12,14H2,1-3H3/b10-9+. The van der Waals surface area contributed by atoms with Crippen molar-refractivity contribution >= 4 is 18.0 Å². The highest BCUT2D eigenvalue weighted by atomic mass is 16.5. The van der Waals surface area contributed by atoms with Gasteiger partial charge in [0.2, 0.25) is 5.91 Å². The molecule has 1 amide bonds. The Bertz CT molecular complexity index is 581. The van der Waals surface area contributed by atoms with E-state index in [0.29, 0.717) is 18.8 Å². The van der Waals surface area contributed by atoms with Gasteiger partial charge < -0.3 is 19.5 Å². The molecule has 0 bridgehead atoms. The highest BCUT2D eigenvalue weighted by Gasteiger charge is 2.21. The smallest absolute Gasteiger partial charge is 0.307 e. The van der Waals surface area contributed by atoms with Crippen LogP contribution in [0.3, 0.4) is 0 Å². The van der Waals surface area contributed by atoms with Crippen molar-refractivity contribution in [3.05, 3.63) is 35.9 Å². The van der Waals surface area contributed by atoms with E-state index in [0.717, 1.165) is 5.56 Å². The van der Waals surface area contributed by atoms with E-state index in [1.54, 1.807) is 20.1 Å². The van der Waals surface area contributed by atoms with Crippen molar-refractivity contribution in [2.24, 2.45) is 0 Å². The fourth-order valence-corrected chi connectivity index (χ4v) is 2.37. The van der Waals surface area contributed by atoms with Gasteiger partial charge in [0.15, 0.2) is 0 Å². The third-order valence-corrected chi connectivity index (χ3v) is 3.78. The SMILES string of the molecule is CCOC(=O)CCN(C(=O)/C=C/c1cccc(OC)c1)C(CC)CO. The fourth-order valence-electron chi connectivity index (χ4n) is 2.37. The number of ether oxygens (including phenoxy) is 2. The normalized spacial score (nSPS) is 12.0. The van der Waals surface area contributed by atoms with Gasteiger partial charge in [0.05, 0.1) is 32.8 Å². The molecule has 1 aromatic rings. The molecule has 0 saturated heterocycles. The average Bonchev–Trinajstić information content (AvgIpc) is 2.63. The Kier molecular flexibility index (Phi) is 9.32. The molecule has 1 atom stereocenters. The average molecular weight is 349 g/mol. The quantitative estimate of drug-likeness (QED) is 0.518. The first kappa shape index (κ1) is 20.7. The van der Waals surface area contributed by atoms with E-state index >= 15 is 0 Å². The molecule has 0 aliphatic rings. The van der Waals surface area contributed by atoms with Gasteiger partial charge in [0.1, 0.15) is 5.75 Å². The molecule has 0 aliphatic carbocycles. The largest absolute Gasteiger partial charge is 0.497 e. The maximum atomic E-state index is 12.5. The highest BCUT2D eigenvalue weighted by molar-refractivity contribution is 5.92. The number of nitrogens with zero attached hydrogens (tertiary/aromatic N) is 1. The van der Waals surface area contributed by atoms with Crippen molar-refractivity contribution in [1.82, 2.24) is 4.90 Å². The molecule has 25 heavy (non-hydrogen) atoms. The van der Waals surface area contributed by atoms with Crippen molar-refractivity contribution in [3.63, 3.8) is 0 Å².